The summed E-state index contributed by atoms with van der Waals surface area (Å²) in [6.07, 6.45) is 1.72. The fourth-order valence-corrected chi connectivity index (χ4v) is 2.77. The Morgan fingerprint density at radius 3 is 2.36 bits per heavy atom. The van der Waals surface area contributed by atoms with Crippen LogP contribution in [0.3, 0.4) is 0 Å². The SMILES string of the molecule is CCOC(=O)c1c(-c2ccccc2)ncc2cc(OC)c(OC)cc12. The van der Waals surface area contributed by atoms with Crippen molar-refractivity contribution >= 4 is 16.7 Å². The molecule has 0 aliphatic rings. The zero-order valence-electron chi connectivity index (χ0n) is 14.4. The van der Waals surface area contributed by atoms with E-state index >= 15 is 0 Å². The third kappa shape index (κ3) is 3.13. The number of fused-ring (bicyclic) bond motifs is 1. The van der Waals surface area contributed by atoms with Gasteiger partial charge in [-0.25, -0.2) is 4.79 Å². The van der Waals surface area contributed by atoms with Crippen LogP contribution in [0.4, 0.5) is 0 Å². The second-order valence-corrected chi connectivity index (χ2v) is 5.36. The molecule has 128 valence electrons. The van der Waals surface area contributed by atoms with Crippen LogP contribution in [0.15, 0.2) is 48.7 Å². The van der Waals surface area contributed by atoms with Crippen molar-refractivity contribution in [2.75, 3.05) is 20.8 Å². The molecule has 25 heavy (non-hydrogen) atoms. The number of pyridine rings is 1. The van der Waals surface area contributed by atoms with Crippen molar-refractivity contribution in [1.29, 1.82) is 0 Å². The highest BCUT2D eigenvalue weighted by atomic mass is 16.5. The van der Waals surface area contributed by atoms with Crippen LogP contribution < -0.4 is 9.47 Å². The van der Waals surface area contributed by atoms with E-state index in [0.717, 1.165) is 10.9 Å². The molecule has 0 saturated heterocycles. The Morgan fingerprint density at radius 1 is 1.04 bits per heavy atom. The molecule has 0 bridgehead atoms. The highest BCUT2D eigenvalue weighted by Gasteiger charge is 2.21. The lowest BCUT2D eigenvalue weighted by molar-refractivity contribution is 0.0529. The predicted molar refractivity (Wildman–Crippen MR) is 96.2 cm³/mol. The first-order valence-electron chi connectivity index (χ1n) is 7.96. The molecule has 3 aromatic rings. The van der Waals surface area contributed by atoms with E-state index in [2.05, 4.69) is 4.98 Å². The molecule has 0 aliphatic carbocycles. The Kier molecular flexibility index (Phi) is 4.84. The van der Waals surface area contributed by atoms with Gasteiger partial charge in [-0.1, -0.05) is 30.3 Å². The van der Waals surface area contributed by atoms with Crippen molar-refractivity contribution in [3.63, 3.8) is 0 Å². The number of esters is 1. The number of rotatable bonds is 5. The second-order valence-electron chi connectivity index (χ2n) is 5.36. The maximum Gasteiger partial charge on any atom is 0.340 e. The van der Waals surface area contributed by atoms with Crippen LogP contribution in [0, 0.1) is 0 Å². The van der Waals surface area contributed by atoms with Gasteiger partial charge in [0.25, 0.3) is 0 Å². The number of nitrogens with zero attached hydrogens (tertiary/aromatic N) is 1. The predicted octanol–water partition coefficient (Wildman–Crippen LogP) is 4.10. The van der Waals surface area contributed by atoms with Gasteiger partial charge in [0.05, 0.1) is 32.1 Å². The van der Waals surface area contributed by atoms with Crippen LogP contribution in [-0.2, 0) is 4.74 Å². The van der Waals surface area contributed by atoms with Crippen LogP contribution >= 0.6 is 0 Å². The molecule has 0 unspecified atom stereocenters. The van der Waals surface area contributed by atoms with E-state index in [0.29, 0.717) is 28.1 Å². The van der Waals surface area contributed by atoms with Gasteiger partial charge in [0.2, 0.25) is 0 Å². The van der Waals surface area contributed by atoms with E-state index in [1.54, 1.807) is 39.5 Å². The Bertz CT molecular complexity index is 906. The van der Waals surface area contributed by atoms with Gasteiger partial charge in [-0.3, -0.25) is 4.98 Å². The van der Waals surface area contributed by atoms with Gasteiger partial charge in [-0.2, -0.15) is 0 Å². The first-order chi connectivity index (χ1) is 12.2. The molecule has 0 atom stereocenters. The smallest absolute Gasteiger partial charge is 0.340 e. The minimum atomic E-state index is -0.410. The van der Waals surface area contributed by atoms with E-state index in [1.807, 2.05) is 30.3 Å². The summed E-state index contributed by atoms with van der Waals surface area (Å²) in [4.78, 5) is 17.2. The topological polar surface area (TPSA) is 57.7 Å². The van der Waals surface area contributed by atoms with E-state index in [1.165, 1.54) is 0 Å². The number of methoxy groups -OCH3 is 2. The van der Waals surface area contributed by atoms with Crippen molar-refractivity contribution in [1.82, 2.24) is 4.98 Å². The van der Waals surface area contributed by atoms with Gasteiger partial charge >= 0.3 is 5.97 Å². The summed E-state index contributed by atoms with van der Waals surface area (Å²) in [7, 11) is 3.13. The molecule has 5 heteroatoms. The number of ether oxygens (including phenoxy) is 3. The first-order valence-corrected chi connectivity index (χ1v) is 7.96. The maximum atomic E-state index is 12.7. The minimum absolute atomic E-state index is 0.288. The number of hydrogen-bond donors (Lipinski definition) is 0. The lowest BCUT2D eigenvalue weighted by Gasteiger charge is -2.14. The third-order valence-corrected chi connectivity index (χ3v) is 3.92. The molecule has 1 aromatic heterocycles. The van der Waals surface area contributed by atoms with E-state index in [-0.39, 0.29) is 6.61 Å². The molecular weight excluding hydrogens is 318 g/mol. The quantitative estimate of drug-likeness (QED) is 0.656. The molecule has 2 aromatic carbocycles. The van der Waals surface area contributed by atoms with Crippen LogP contribution in [0.2, 0.25) is 0 Å². The van der Waals surface area contributed by atoms with Crippen molar-refractivity contribution in [2.45, 2.75) is 6.92 Å². The molecule has 0 radical (unpaired) electrons. The summed E-state index contributed by atoms with van der Waals surface area (Å²) in [6.45, 7) is 2.07. The van der Waals surface area contributed by atoms with Gasteiger partial charge in [0.15, 0.2) is 11.5 Å². The molecule has 0 fully saturated rings. The van der Waals surface area contributed by atoms with Crippen molar-refractivity contribution in [2.24, 2.45) is 0 Å². The highest BCUT2D eigenvalue weighted by molar-refractivity contribution is 6.09. The van der Waals surface area contributed by atoms with Gasteiger partial charge in [-0.15, -0.1) is 0 Å². The standard InChI is InChI=1S/C20H19NO4/c1-4-25-20(22)18-15-11-17(24-3)16(23-2)10-14(15)12-21-19(18)13-8-6-5-7-9-13/h5-12H,4H2,1-3H3. The van der Waals surface area contributed by atoms with Gasteiger partial charge in [0, 0.05) is 22.5 Å². The highest BCUT2D eigenvalue weighted by Crippen LogP contribution is 2.36. The summed E-state index contributed by atoms with van der Waals surface area (Å²) in [5.41, 5.74) is 1.85. The molecule has 3 rings (SSSR count). The Balaban J connectivity index is 2.33. The fraction of sp³-hybridized carbons (Fsp3) is 0.200. The van der Waals surface area contributed by atoms with Crippen LogP contribution in [0.1, 0.15) is 17.3 Å². The molecular formula is C20H19NO4. The third-order valence-electron chi connectivity index (χ3n) is 3.92. The van der Waals surface area contributed by atoms with Gasteiger partial charge < -0.3 is 14.2 Å². The summed E-state index contributed by atoms with van der Waals surface area (Å²) < 4.78 is 16.0. The maximum absolute atomic E-state index is 12.7. The molecule has 0 spiro atoms. The zero-order valence-corrected chi connectivity index (χ0v) is 14.4. The van der Waals surface area contributed by atoms with E-state index in [9.17, 15) is 4.79 Å². The molecule has 5 nitrogen and oxygen atoms in total. The van der Waals surface area contributed by atoms with E-state index < -0.39 is 5.97 Å². The Hall–Kier alpha value is -3.08. The molecule has 1 heterocycles. The summed E-state index contributed by atoms with van der Waals surface area (Å²) in [5.74, 6) is 0.719. The molecule has 0 aliphatic heterocycles. The van der Waals surface area contributed by atoms with E-state index in [4.69, 9.17) is 14.2 Å². The lowest BCUT2D eigenvalue weighted by atomic mass is 9.99. The fourth-order valence-electron chi connectivity index (χ4n) is 2.77. The van der Waals surface area contributed by atoms with Crippen molar-refractivity contribution < 1.29 is 19.0 Å². The average Bonchev–Trinajstić information content (AvgIpc) is 2.66. The average molecular weight is 337 g/mol. The Labute approximate surface area is 146 Å². The van der Waals surface area contributed by atoms with Crippen LogP contribution in [-0.4, -0.2) is 31.8 Å². The Morgan fingerprint density at radius 2 is 1.72 bits per heavy atom. The lowest BCUT2D eigenvalue weighted by Crippen LogP contribution is -2.09. The molecule has 0 saturated carbocycles. The van der Waals surface area contributed by atoms with Crippen LogP contribution in [0.5, 0.6) is 11.5 Å². The van der Waals surface area contributed by atoms with Gasteiger partial charge in [0.1, 0.15) is 0 Å². The summed E-state index contributed by atoms with van der Waals surface area (Å²) in [6, 6.07) is 13.2. The summed E-state index contributed by atoms with van der Waals surface area (Å²) >= 11 is 0. The number of hydrogen-bond acceptors (Lipinski definition) is 5. The minimum Gasteiger partial charge on any atom is -0.493 e. The largest absolute Gasteiger partial charge is 0.493 e. The van der Waals surface area contributed by atoms with Crippen molar-refractivity contribution in [3.8, 4) is 22.8 Å². The van der Waals surface area contributed by atoms with Crippen LogP contribution in [0.25, 0.3) is 22.0 Å². The number of aromatic nitrogens is 1. The second kappa shape index (κ2) is 7.21. The number of carbonyl (C=O) groups is 1. The first kappa shape index (κ1) is 16.8. The summed E-state index contributed by atoms with van der Waals surface area (Å²) in [5, 5.41) is 1.49. The normalized spacial score (nSPS) is 10.5. The van der Waals surface area contributed by atoms with Crippen molar-refractivity contribution in [3.05, 3.63) is 54.2 Å². The number of benzene rings is 2. The molecule has 0 amide bonds. The zero-order chi connectivity index (χ0) is 17.8. The number of carbonyl (C=O) groups excluding carboxylic acids is 1. The monoisotopic (exact) mass is 337 g/mol. The van der Waals surface area contributed by atoms with Gasteiger partial charge in [-0.05, 0) is 19.1 Å². The molecule has 0 N–H and O–H groups in total.